The first-order chi connectivity index (χ1) is 16.5. The number of aryl methyl sites for hydroxylation is 1. The van der Waals surface area contributed by atoms with E-state index in [-0.39, 0.29) is 5.91 Å². The quantitative estimate of drug-likeness (QED) is 0.346. The third-order valence-corrected chi connectivity index (χ3v) is 7.61. The summed E-state index contributed by atoms with van der Waals surface area (Å²) in [5.41, 5.74) is 5.64. The van der Waals surface area contributed by atoms with Gasteiger partial charge in [0.25, 0.3) is 5.91 Å². The van der Waals surface area contributed by atoms with Crippen LogP contribution in [0.1, 0.15) is 34.0 Å². The van der Waals surface area contributed by atoms with Gasteiger partial charge in [0.15, 0.2) is 0 Å². The Morgan fingerprint density at radius 1 is 1.00 bits per heavy atom. The standard InChI is InChI=1S/C28H31ClN2O2S/c1-4-33-27-13-8-22(18-23(27)19-34-25-11-9-24(29)10-12-25)28(32)31-16-14-30(15-17-31)26-7-5-6-20(2)21(26)3/h5-13,18H,4,14-17,19H2,1-3H3. The van der Waals surface area contributed by atoms with Crippen LogP contribution in [0, 0.1) is 13.8 Å². The van der Waals surface area contributed by atoms with Crippen molar-refractivity contribution >= 4 is 35.0 Å². The zero-order valence-electron chi connectivity index (χ0n) is 20.0. The number of carbonyl (C=O) groups excluding carboxylic acids is 1. The van der Waals surface area contributed by atoms with Crippen LogP contribution in [0.2, 0.25) is 5.02 Å². The lowest BCUT2D eigenvalue weighted by molar-refractivity contribution is 0.0746. The molecule has 0 saturated carbocycles. The van der Waals surface area contributed by atoms with Crippen LogP contribution in [0.15, 0.2) is 65.6 Å². The van der Waals surface area contributed by atoms with Crippen LogP contribution < -0.4 is 9.64 Å². The van der Waals surface area contributed by atoms with Crippen molar-refractivity contribution in [3.05, 3.63) is 87.9 Å². The number of thioether (sulfide) groups is 1. The predicted molar refractivity (Wildman–Crippen MR) is 143 cm³/mol. The highest BCUT2D eigenvalue weighted by molar-refractivity contribution is 7.98. The van der Waals surface area contributed by atoms with Gasteiger partial charge < -0.3 is 14.5 Å². The molecule has 4 rings (SSSR count). The van der Waals surface area contributed by atoms with Crippen LogP contribution in [0.25, 0.3) is 0 Å². The second-order valence-electron chi connectivity index (χ2n) is 8.50. The molecule has 1 saturated heterocycles. The molecule has 0 bridgehead atoms. The van der Waals surface area contributed by atoms with Crippen molar-refractivity contribution in [2.45, 2.75) is 31.4 Å². The number of nitrogens with zero attached hydrogens (tertiary/aromatic N) is 2. The van der Waals surface area contributed by atoms with Gasteiger partial charge in [-0.25, -0.2) is 0 Å². The summed E-state index contributed by atoms with van der Waals surface area (Å²) < 4.78 is 5.84. The molecule has 1 fully saturated rings. The maximum absolute atomic E-state index is 13.3. The first-order valence-electron chi connectivity index (χ1n) is 11.7. The maximum Gasteiger partial charge on any atom is 0.253 e. The van der Waals surface area contributed by atoms with Crippen LogP contribution in [0.4, 0.5) is 5.69 Å². The van der Waals surface area contributed by atoms with Gasteiger partial charge in [0.05, 0.1) is 6.61 Å². The van der Waals surface area contributed by atoms with Crippen molar-refractivity contribution in [2.75, 3.05) is 37.7 Å². The molecule has 0 aliphatic carbocycles. The van der Waals surface area contributed by atoms with Crippen molar-refractivity contribution < 1.29 is 9.53 Å². The molecule has 4 nitrogen and oxygen atoms in total. The number of amides is 1. The fourth-order valence-corrected chi connectivity index (χ4v) is 5.23. The number of halogens is 1. The molecule has 0 radical (unpaired) electrons. The van der Waals surface area contributed by atoms with Crippen molar-refractivity contribution in [3.8, 4) is 5.75 Å². The van der Waals surface area contributed by atoms with Crippen LogP contribution in [0.5, 0.6) is 5.75 Å². The molecule has 1 aliphatic rings. The van der Waals surface area contributed by atoms with E-state index in [4.69, 9.17) is 16.3 Å². The fourth-order valence-electron chi connectivity index (χ4n) is 4.22. The van der Waals surface area contributed by atoms with E-state index in [0.29, 0.717) is 19.7 Å². The highest BCUT2D eigenvalue weighted by atomic mass is 35.5. The molecule has 0 unspecified atom stereocenters. The summed E-state index contributed by atoms with van der Waals surface area (Å²) in [5.74, 6) is 1.64. The Kier molecular flexibility index (Phi) is 8.07. The van der Waals surface area contributed by atoms with Crippen molar-refractivity contribution in [1.29, 1.82) is 0 Å². The number of ether oxygens (including phenoxy) is 1. The number of benzene rings is 3. The lowest BCUT2D eigenvalue weighted by Gasteiger charge is -2.37. The van der Waals surface area contributed by atoms with Gasteiger partial charge in [-0.05, 0) is 80.4 Å². The average Bonchev–Trinajstić information content (AvgIpc) is 2.86. The summed E-state index contributed by atoms with van der Waals surface area (Å²) in [4.78, 5) is 18.8. The Labute approximate surface area is 211 Å². The average molecular weight is 495 g/mol. The zero-order chi connectivity index (χ0) is 24.1. The molecule has 6 heteroatoms. The molecule has 3 aromatic carbocycles. The lowest BCUT2D eigenvalue weighted by atomic mass is 10.1. The summed E-state index contributed by atoms with van der Waals surface area (Å²) in [6.07, 6.45) is 0. The largest absolute Gasteiger partial charge is 0.494 e. The molecule has 34 heavy (non-hydrogen) atoms. The summed E-state index contributed by atoms with van der Waals surface area (Å²) in [7, 11) is 0. The number of piperazine rings is 1. The van der Waals surface area contributed by atoms with Crippen LogP contribution in [-0.2, 0) is 5.75 Å². The molecule has 3 aromatic rings. The predicted octanol–water partition coefficient (Wildman–Crippen LogP) is 6.61. The summed E-state index contributed by atoms with van der Waals surface area (Å²) in [6.45, 7) is 10.00. The van der Waals surface area contributed by atoms with Gasteiger partial charge in [-0.3, -0.25) is 4.79 Å². The first kappa shape index (κ1) is 24.5. The van der Waals surface area contributed by atoms with Crippen molar-refractivity contribution in [2.24, 2.45) is 0 Å². The number of rotatable bonds is 7. The van der Waals surface area contributed by atoms with Crippen LogP contribution in [0.3, 0.4) is 0 Å². The minimum atomic E-state index is 0.0846. The topological polar surface area (TPSA) is 32.8 Å². The van der Waals surface area contributed by atoms with E-state index in [2.05, 4.69) is 36.9 Å². The Balaban J connectivity index is 1.44. The van der Waals surface area contributed by atoms with E-state index in [1.807, 2.05) is 54.3 Å². The number of hydrogen-bond acceptors (Lipinski definition) is 4. The van der Waals surface area contributed by atoms with Crippen LogP contribution in [-0.4, -0.2) is 43.6 Å². The van der Waals surface area contributed by atoms with Gasteiger partial charge in [0.2, 0.25) is 0 Å². The molecule has 0 aromatic heterocycles. The normalized spacial score (nSPS) is 13.8. The van der Waals surface area contributed by atoms with E-state index >= 15 is 0 Å². The van der Waals surface area contributed by atoms with Gasteiger partial charge in [0, 0.05) is 58.7 Å². The molecular formula is C28H31ClN2O2S. The summed E-state index contributed by atoms with van der Waals surface area (Å²) >= 11 is 7.72. The Morgan fingerprint density at radius 3 is 2.44 bits per heavy atom. The molecule has 0 N–H and O–H groups in total. The highest BCUT2D eigenvalue weighted by Gasteiger charge is 2.24. The minimum Gasteiger partial charge on any atom is -0.494 e. The lowest BCUT2D eigenvalue weighted by Crippen LogP contribution is -2.49. The number of anilines is 1. The monoisotopic (exact) mass is 494 g/mol. The van der Waals surface area contributed by atoms with Gasteiger partial charge >= 0.3 is 0 Å². The summed E-state index contributed by atoms with van der Waals surface area (Å²) in [5, 5.41) is 0.726. The summed E-state index contributed by atoms with van der Waals surface area (Å²) in [6, 6.07) is 20.1. The number of hydrogen-bond donors (Lipinski definition) is 0. The van der Waals surface area contributed by atoms with Gasteiger partial charge in [-0.15, -0.1) is 11.8 Å². The Hall–Kier alpha value is -2.63. The fraction of sp³-hybridized carbons (Fsp3) is 0.321. The number of carbonyl (C=O) groups is 1. The molecule has 1 aliphatic heterocycles. The SMILES string of the molecule is CCOc1ccc(C(=O)N2CCN(c3cccc(C)c3C)CC2)cc1CSc1ccc(Cl)cc1. The van der Waals surface area contributed by atoms with E-state index < -0.39 is 0 Å². The molecule has 178 valence electrons. The highest BCUT2D eigenvalue weighted by Crippen LogP contribution is 2.30. The van der Waals surface area contributed by atoms with Gasteiger partial charge in [-0.2, -0.15) is 0 Å². The van der Waals surface area contributed by atoms with Gasteiger partial charge in [-0.1, -0.05) is 23.7 Å². The van der Waals surface area contributed by atoms with E-state index in [0.717, 1.165) is 45.6 Å². The van der Waals surface area contributed by atoms with Gasteiger partial charge in [0.1, 0.15) is 5.75 Å². The molecular weight excluding hydrogens is 464 g/mol. The maximum atomic E-state index is 13.3. The second kappa shape index (κ2) is 11.2. The third-order valence-electron chi connectivity index (χ3n) is 6.30. The van der Waals surface area contributed by atoms with Crippen LogP contribution >= 0.6 is 23.4 Å². The zero-order valence-corrected chi connectivity index (χ0v) is 21.6. The van der Waals surface area contributed by atoms with E-state index in [1.165, 1.54) is 16.8 Å². The molecule has 0 atom stereocenters. The van der Waals surface area contributed by atoms with E-state index in [1.54, 1.807) is 11.8 Å². The smallest absolute Gasteiger partial charge is 0.253 e. The Morgan fingerprint density at radius 2 is 1.74 bits per heavy atom. The first-order valence-corrected chi connectivity index (χ1v) is 13.1. The second-order valence-corrected chi connectivity index (χ2v) is 9.98. The van der Waals surface area contributed by atoms with E-state index in [9.17, 15) is 4.79 Å². The van der Waals surface area contributed by atoms with Crippen molar-refractivity contribution in [1.82, 2.24) is 4.90 Å². The van der Waals surface area contributed by atoms with Crippen molar-refractivity contribution in [3.63, 3.8) is 0 Å². The Bertz CT molecular complexity index is 1140. The molecule has 1 heterocycles. The molecule has 0 spiro atoms. The molecule has 1 amide bonds. The minimum absolute atomic E-state index is 0.0846. The third kappa shape index (κ3) is 5.70.